The van der Waals surface area contributed by atoms with E-state index in [1.807, 2.05) is 6.92 Å². The molecule has 9 heteroatoms. The van der Waals surface area contributed by atoms with Gasteiger partial charge in [0.2, 0.25) is 11.8 Å². The summed E-state index contributed by atoms with van der Waals surface area (Å²) in [6, 6.07) is 3.75. The zero-order valence-corrected chi connectivity index (χ0v) is 17.9. The van der Waals surface area contributed by atoms with Crippen molar-refractivity contribution in [1.29, 1.82) is 0 Å². The molecule has 3 rings (SSSR count). The molecule has 0 radical (unpaired) electrons. The van der Waals surface area contributed by atoms with Crippen LogP contribution in [0.3, 0.4) is 0 Å². The maximum Gasteiger partial charge on any atom is 0.233 e. The van der Waals surface area contributed by atoms with Gasteiger partial charge < -0.3 is 15.5 Å². The van der Waals surface area contributed by atoms with Crippen molar-refractivity contribution in [2.45, 2.75) is 69.4 Å². The van der Waals surface area contributed by atoms with E-state index in [0.717, 1.165) is 12.8 Å². The van der Waals surface area contributed by atoms with Crippen molar-refractivity contribution in [3.63, 3.8) is 0 Å². The average Bonchev–Trinajstić information content (AvgIpc) is 3.33. The van der Waals surface area contributed by atoms with Crippen LogP contribution in [0.2, 0.25) is 0 Å². The SMILES string of the molecule is CC(Sc1nnc(-c2ccco2)n1CCC(N)=O)C(=O)NC1CCCC(C)C1C. The summed E-state index contributed by atoms with van der Waals surface area (Å²) in [5.74, 6) is 1.73. The van der Waals surface area contributed by atoms with E-state index in [0.29, 0.717) is 35.1 Å². The second-order valence-corrected chi connectivity index (χ2v) is 9.10. The molecule has 8 nitrogen and oxygen atoms in total. The fourth-order valence-corrected chi connectivity index (χ4v) is 4.57. The van der Waals surface area contributed by atoms with Crippen LogP contribution in [0.25, 0.3) is 11.6 Å². The second-order valence-electron chi connectivity index (χ2n) is 7.79. The third kappa shape index (κ3) is 5.20. The number of aromatic nitrogens is 3. The highest BCUT2D eigenvalue weighted by Gasteiger charge is 2.30. The van der Waals surface area contributed by atoms with Crippen LogP contribution in [0.15, 0.2) is 28.0 Å². The third-order valence-corrected chi connectivity index (χ3v) is 6.81. The molecule has 1 fully saturated rings. The number of carbonyl (C=O) groups is 2. The van der Waals surface area contributed by atoms with E-state index in [2.05, 4.69) is 29.4 Å². The number of amides is 2. The van der Waals surface area contributed by atoms with Gasteiger partial charge >= 0.3 is 0 Å². The maximum atomic E-state index is 12.8. The largest absolute Gasteiger partial charge is 0.461 e. The monoisotopic (exact) mass is 419 g/mol. The smallest absolute Gasteiger partial charge is 0.233 e. The molecule has 2 aromatic heterocycles. The number of thioether (sulfide) groups is 1. The van der Waals surface area contributed by atoms with Gasteiger partial charge in [-0.15, -0.1) is 10.2 Å². The Hall–Kier alpha value is -2.29. The predicted molar refractivity (Wildman–Crippen MR) is 111 cm³/mol. The Kier molecular flexibility index (Phi) is 7.00. The Morgan fingerprint density at radius 1 is 1.38 bits per heavy atom. The minimum Gasteiger partial charge on any atom is -0.461 e. The number of hydrogen-bond acceptors (Lipinski definition) is 6. The molecule has 4 atom stereocenters. The minimum atomic E-state index is -0.411. The second kappa shape index (κ2) is 9.47. The molecule has 2 amide bonds. The predicted octanol–water partition coefficient (Wildman–Crippen LogP) is 2.83. The van der Waals surface area contributed by atoms with Crippen LogP contribution in [0.4, 0.5) is 0 Å². The zero-order chi connectivity index (χ0) is 21.0. The molecular weight excluding hydrogens is 390 g/mol. The lowest BCUT2D eigenvalue weighted by atomic mass is 9.78. The van der Waals surface area contributed by atoms with Gasteiger partial charge in [0.15, 0.2) is 16.7 Å². The Morgan fingerprint density at radius 3 is 2.86 bits per heavy atom. The molecule has 158 valence electrons. The molecule has 2 heterocycles. The summed E-state index contributed by atoms with van der Waals surface area (Å²) in [7, 11) is 0. The number of nitrogens with two attached hydrogens (primary N) is 1. The first-order chi connectivity index (χ1) is 13.9. The standard InChI is InChI=1S/C20H29N5O3S/c1-12-6-4-7-15(13(12)2)22-19(27)14(3)29-20-24-23-18(16-8-5-11-28-16)25(20)10-9-17(21)26/h5,8,11-15H,4,6-7,9-10H2,1-3H3,(H2,21,26)(H,22,27). The molecule has 3 N–H and O–H groups in total. The topological polar surface area (TPSA) is 116 Å². The molecule has 29 heavy (non-hydrogen) atoms. The van der Waals surface area contributed by atoms with E-state index in [-0.39, 0.29) is 23.6 Å². The first-order valence-electron chi connectivity index (χ1n) is 10.1. The number of furan rings is 1. The number of nitrogens with one attached hydrogen (secondary N) is 1. The molecule has 2 aromatic rings. The lowest BCUT2D eigenvalue weighted by Gasteiger charge is -2.35. The van der Waals surface area contributed by atoms with Crippen molar-refractivity contribution in [2.24, 2.45) is 17.6 Å². The Bertz CT molecular complexity index is 835. The first-order valence-corrected chi connectivity index (χ1v) is 11.0. The molecular formula is C20H29N5O3S. The molecule has 1 aliphatic carbocycles. The van der Waals surface area contributed by atoms with Gasteiger partial charge in [-0.3, -0.25) is 14.2 Å². The quantitative estimate of drug-likeness (QED) is 0.636. The van der Waals surface area contributed by atoms with E-state index in [1.165, 1.54) is 18.2 Å². The van der Waals surface area contributed by atoms with Crippen molar-refractivity contribution in [1.82, 2.24) is 20.1 Å². The highest BCUT2D eigenvalue weighted by atomic mass is 32.2. The van der Waals surface area contributed by atoms with Crippen molar-refractivity contribution in [2.75, 3.05) is 0 Å². The average molecular weight is 420 g/mol. The highest BCUT2D eigenvalue weighted by molar-refractivity contribution is 8.00. The number of hydrogen-bond donors (Lipinski definition) is 2. The van der Waals surface area contributed by atoms with Gasteiger partial charge in [-0.05, 0) is 37.3 Å². The first kappa shape index (κ1) is 21.4. The lowest BCUT2D eigenvalue weighted by Crippen LogP contribution is -2.46. The van der Waals surface area contributed by atoms with Crippen LogP contribution in [0.1, 0.15) is 46.5 Å². The fourth-order valence-electron chi connectivity index (χ4n) is 3.68. The van der Waals surface area contributed by atoms with Crippen LogP contribution in [0, 0.1) is 11.8 Å². The van der Waals surface area contributed by atoms with Crippen LogP contribution in [-0.2, 0) is 16.1 Å². The minimum absolute atomic E-state index is 0.00931. The number of nitrogens with zero attached hydrogens (tertiary/aromatic N) is 3. The maximum absolute atomic E-state index is 12.8. The summed E-state index contributed by atoms with van der Waals surface area (Å²) in [6.45, 7) is 6.64. The number of primary amides is 1. The van der Waals surface area contributed by atoms with Crippen molar-refractivity contribution >= 4 is 23.6 Å². The molecule has 0 saturated heterocycles. The molecule has 0 spiro atoms. The highest BCUT2D eigenvalue weighted by Crippen LogP contribution is 2.31. The Morgan fingerprint density at radius 2 is 2.17 bits per heavy atom. The summed E-state index contributed by atoms with van der Waals surface area (Å²) in [4.78, 5) is 24.1. The van der Waals surface area contributed by atoms with Crippen LogP contribution in [0.5, 0.6) is 0 Å². The Balaban J connectivity index is 1.71. The van der Waals surface area contributed by atoms with Gasteiger partial charge in [0.1, 0.15) is 0 Å². The van der Waals surface area contributed by atoms with E-state index in [4.69, 9.17) is 10.2 Å². The van der Waals surface area contributed by atoms with E-state index in [1.54, 1.807) is 23.0 Å². The lowest BCUT2D eigenvalue weighted by molar-refractivity contribution is -0.122. The summed E-state index contributed by atoms with van der Waals surface area (Å²) >= 11 is 1.32. The number of carbonyl (C=O) groups excluding carboxylic acids is 2. The van der Waals surface area contributed by atoms with Crippen molar-refractivity contribution < 1.29 is 14.0 Å². The van der Waals surface area contributed by atoms with E-state index < -0.39 is 5.91 Å². The summed E-state index contributed by atoms with van der Waals surface area (Å²) < 4.78 is 7.21. The van der Waals surface area contributed by atoms with Crippen LogP contribution >= 0.6 is 11.8 Å². The van der Waals surface area contributed by atoms with E-state index in [9.17, 15) is 9.59 Å². The van der Waals surface area contributed by atoms with Crippen molar-refractivity contribution in [3.05, 3.63) is 18.4 Å². The molecule has 0 bridgehead atoms. The fraction of sp³-hybridized carbons (Fsp3) is 0.600. The van der Waals surface area contributed by atoms with Gasteiger partial charge in [0.25, 0.3) is 0 Å². The van der Waals surface area contributed by atoms with Crippen molar-refractivity contribution in [3.8, 4) is 11.6 Å². The van der Waals surface area contributed by atoms with Gasteiger partial charge in [-0.2, -0.15) is 0 Å². The molecule has 0 aliphatic heterocycles. The molecule has 0 aromatic carbocycles. The van der Waals surface area contributed by atoms with Gasteiger partial charge in [-0.25, -0.2) is 0 Å². The summed E-state index contributed by atoms with van der Waals surface area (Å²) in [6.07, 6.45) is 5.09. The van der Waals surface area contributed by atoms with Gasteiger partial charge in [-0.1, -0.05) is 38.5 Å². The molecule has 1 aliphatic rings. The normalized spacial score (nSPS) is 22.9. The third-order valence-electron chi connectivity index (χ3n) is 5.73. The molecule has 1 saturated carbocycles. The van der Waals surface area contributed by atoms with Gasteiger partial charge in [0.05, 0.1) is 11.5 Å². The van der Waals surface area contributed by atoms with E-state index >= 15 is 0 Å². The summed E-state index contributed by atoms with van der Waals surface area (Å²) in [5, 5.41) is 11.9. The zero-order valence-electron chi connectivity index (χ0n) is 17.1. The summed E-state index contributed by atoms with van der Waals surface area (Å²) in [5.41, 5.74) is 5.32. The number of rotatable bonds is 8. The Labute approximate surface area is 175 Å². The van der Waals surface area contributed by atoms with Crippen LogP contribution in [-0.4, -0.2) is 37.9 Å². The molecule has 4 unspecified atom stereocenters. The van der Waals surface area contributed by atoms with Gasteiger partial charge in [0, 0.05) is 19.0 Å². The van der Waals surface area contributed by atoms with Crippen LogP contribution < -0.4 is 11.1 Å².